The molecule has 0 bridgehead atoms. The van der Waals surface area contributed by atoms with Gasteiger partial charge < -0.3 is 10.5 Å². The summed E-state index contributed by atoms with van der Waals surface area (Å²) in [6.07, 6.45) is 10.2. The van der Waals surface area contributed by atoms with Crippen LogP contribution in [0.5, 0.6) is 0 Å². The maximum absolute atomic E-state index is 6.16. The predicted octanol–water partition coefficient (Wildman–Crippen LogP) is 2.74. The summed E-state index contributed by atoms with van der Waals surface area (Å²) in [5, 5.41) is 0. The van der Waals surface area contributed by atoms with E-state index >= 15 is 0 Å². The first kappa shape index (κ1) is 12.9. The summed E-state index contributed by atoms with van der Waals surface area (Å²) in [4.78, 5) is 9.42. The zero-order valence-corrected chi connectivity index (χ0v) is 11.7. The first-order valence-electron chi connectivity index (χ1n) is 7.46. The second-order valence-electron chi connectivity index (χ2n) is 5.82. The molecule has 0 saturated heterocycles. The maximum atomic E-state index is 6.16. The molecule has 3 rings (SSSR count). The highest BCUT2D eigenvalue weighted by Gasteiger charge is 2.37. The molecule has 4 nitrogen and oxygen atoms in total. The highest BCUT2D eigenvalue weighted by Crippen LogP contribution is 2.39. The third-order valence-electron chi connectivity index (χ3n) is 4.67. The Hall–Kier alpha value is -1.16. The number of ether oxygens (including phenoxy) is 1. The SMILES string of the molecule is COC1(c2nc(N)c3c(n2)CCCC3)CCCCC1. The summed E-state index contributed by atoms with van der Waals surface area (Å²) in [6.45, 7) is 0. The Morgan fingerprint density at radius 3 is 2.47 bits per heavy atom. The van der Waals surface area contributed by atoms with Gasteiger partial charge in [-0.15, -0.1) is 0 Å². The third kappa shape index (κ3) is 2.22. The zero-order valence-electron chi connectivity index (χ0n) is 11.7. The average Bonchev–Trinajstić information content (AvgIpc) is 2.48. The molecule has 1 heterocycles. The van der Waals surface area contributed by atoms with Gasteiger partial charge in [-0.1, -0.05) is 19.3 Å². The lowest BCUT2D eigenvalue weighted by Crippen LogP contribution is -2.34. The molecule has 104 valence electrons. The Kier molecular flexibility index (Phi) is 3.44. The number of aromatic nitrogens is 2. The van der Waals surface area contributed by atoms with E-state index in [4.69, 9.17) is 15.5 Å². The Labute approximate surface area is 114 Å². The molecule has 0 atom stereocenters. The van der Waals surface area contributed by atoms with E-state index in [1.165, 1.54) is 37.7 Å². The quantitative estimate of drug-likeness (QED) is 0.889. The van der Waals surface area contributed by atoms with Gasteiger partial charge in [-0.3, -0.25) is 0 Å². The molecule has 1 saturated carbocycles. The molecule has 1 aromatic heterocycles. The lowest BCUT2D eigenvalue weighted by molar-refractivity contribution is -0.0515. The summed E-state index contributed by atoms with van der Waals surface area (Å²) >= 11 is 0. The van der Waals surface area contributed by atoms with Crippen LogP contribution in [-0.4, -0.2) is 17.1 Å². The van der Waals surface area contributed by atoms with Gasteiger partial charge in [-0.2, -0.15) is 0 Å². The first-order valence-corrected chi connectivity index (χ1v) is 7.46. The molecule has 2 aliphatic rings. The Balaban J connectivity index is 2.02. The average molecular weight is 261 g/mol. The Morgan fingerprint density at radius 1 is 1.00 bits per heavy atom. The van der Waals surface area contributed by atoms with Crippen molar-refractivity contribution in [2.24, 2.45) is 0 Å². The Bertz CT molecular complexity index is 467. The number of nitrogen functional groups attached to an aromatic ring is 1. The normalized spacial score (nSPS) is 21.9. The van der Waals surface area contributed by atoms with Gasteiger partial charge in [0.25, 0.3) is 0 Å². The van der Waals surface area contributed by atoms with Crippen LogP contribution in [-0.2, 0) is 23.2 Å². The van der Waals surface area contributed by atoms with E-state index in [1.807, 2.05) is 0 Å². The number of nitrogens with two attached hydrogens (primary N) is 1. The molecule has 2 aliphatic carbocycles. The third-order valence-corrected chi connectivity index (χ3v) is 4.67. The van der Waals surface area contributed by atoms with Crippen molar-refractivity contribution < 1.29 is 4.74 Å². The smallest absolute Gasteiger partial charge is 0.162 e. The molecule has 0 spiro atoms. The van der Waals surface area contributed by atoms with Crippen LogP contribution in [0.3, 0.4) is 0 Å². The monoisotopic (exact) mass is 261 g/mol. The van der Waals surface area contributed by atoms with Gasteiger partial charge in [0.2, 0.25) is 0 Å². The number of anilines is 1. The molecule has 2 N–H and O–H groups in total. The summed E-state index contributed by atoms with van der Waals surface area (Å²) in [6, 6.07) is 0. The number of hydrogen-bond donors (Lipinski definition) is 1. The van der Waals surface area contributed by atoms with E-state index in [0.29, 0.717) is 5.82 Å². The fourth-order valence-electron chi connectivity index (χ4n) is 3.47. The number of rotatable bonds is 2. The first-order chi connectivity index (χ1) is 9.25. The lowest BCUT2D eigenvalue weighted by Gasteiger charge is -2.35. The van der Waals surface area contributed by atoms with Crippen LogP contribution in [0.15, 0.2) is 0 Å². The summed E-state index contributed by atoms with van der Waals surface area (Å²) in [5.74, 6) is 1.51. The van der Waals surface area contributed by atoms with E-state index in [1.54, 1.807) is 7.11 Å². The fraction of sp³-hybridized carbons (Fsp3) is 0.733. The van der Waals surface area contributed by atoms with Gasteiger partial charge in [0.05, 0.1) is 0 Å². The van der Waals surface area contributed by atoms with Crippen molar-refractivity contribution in [3.05, 3.63) is 17.1 Å². The largest absolute Gasteiger partial charge is 0.383 e. The van der Waals surface area contributed by atoms with Crippen LogP contribution in [0, 0.1) is 0 Å². The van der Waals surface area contributed by atoms with E-state index in [2.05, 4.69) is 4.98 Å². The van der Waals surface area contributed by atoms with E-state index in [0.717, 1.165) is 37.2 Å². The van der Waals surface area contributed by atoms with Crippen molar-refractivity contribution in [2.45, 2.75) is 63.4 Å². The zero-order chi connectivity index (χ0) is 13.3. The van der Waals surface area contributed by atoms with Crippen molar-refractivity contribution in [3.63, 3.8) is 0 Å². The number of methoxy groups -OCH3 is 1. The number of fused-ring (bicyclic) bond motifs is 1. The van der Waals surface area contributed by atoms with Crippen molar-refractivity contribution in [2.75, 3.05) is 12.8 Å². The van der Waals surface area contributed by atoms with Crippen LogP contribution in [0.1, 0.15) is 62.0 Å². The minimum Gasteiger partial charge on any atom is -0.383 e. The molecule has 0 aliphatic heterocycles. The standard InChI is InChI=1S/C15H23N3O/c1-19-15(9-5-2-6-10-15)14-17-12-8-4-3-7-11(12)13(16)18-14/h2-10H2,1H3,(H2,16,17,18). The van der Waals surface area contributed by atoms with Crippen molar-refractivity contribution >= 4 is 5.82 Å². The van der Waals surface area contributed by atoms with Crippen LogP contribution in [0.25, 0.3) is 0 Å². The number of aryl methyl sites for hydroxylation is 1. The molecule has 0 unspecified atom stereocenters. The van der Waals surface area contributed by atoms with Crippen molar-refractivity contribution in [1.82, 2.24) is 9.97 Å². The van der Waals surface area contributed by atoms with E-state index in [-0.39, 0.29) is 5.60 Å². The molecule has 0 aromatic carbocycles. The van der Waals surface area contributed by atoms with E-state index in [9.17, 15) is 0 Å². The van der Waals surface area contributed by atoms with Crippen LogP contribution >= 0.6 is 0 Å². The van der Waals surface area contributed by atoms with Gasteiger partial charge in [-0.25, -0.2) is 9.97 Å². The Morgan fingerprint density at radius 2 is 1.74 bits per heavy atom. The summed E-state index contributed by atoms with van der Waals surface area (Å²) in [7, 11) is 1.78. The second kappa shape index (κ2) is 5.08. The van der Waals surface area contributed by atoms with Gasteiger partial charge >= 0.3 is 0 Å². The van der Waals surface area contributed by atoms with Gasteiger partial charge in [0, 0.05) is 18.4 Å². The summed E-state index contributed by atoms with van der Waals surface area (Å²) in [5.41, 5.74) is 8.20. The van der Waals surface area contributed by atoms with Crippen LogP contribution in [0.4, 0.5) is 5.82 Å². The molecular formula is C15H23N3O. The molecule has 4 heteroatoms. The summed E-state index contributed by atoms with van der Waals surface area (Å²) < 4.78 is 5.83. The molecule has 0 radical (unpaired) electrons. The van der Waals surface area contributed by atoms with E-state index < -0.39 is 0 Å². The molecule has 1 aromatic rings. The number of hydrogen-bond acceptors (Lipinski definition) is 4. The van der Waals surface area contributed by atoms with Gasteiger partial charge in [-0.05, 0) is 38.5 Å². The lowest BCUT2D eigenvalue weighted by atomic mass is 9.83. The number of nitrogens with zero attached hydrogens (tertiary/aromatic N) is 2. The minimum absolute atomic E-state index is 0.293. The highest BCUT2D eigenvalue weighted by molar-refractivity contribution is 5.44. The second-order valence-corrected chi connectivity index (χ2v) is 5.82. The maximum Gasteiger partial charge on any atom is 0.162 e. The fourth-order valence-corrected chi connectivity index (χ4v) is 3.47. The topological polar surface area (TPSA) is 61.0 Å². The van der Waals surface area contributed by atoms with Crippen LogP contribution < -0.4 is 5.73 Å². The van der Waals surface area contributed by atoms with Crippen molar-refractivity contribution in [3.8, 4) is 0 Å². The highest BCUT2D eigenvalue weighted by atomic mass is 16.5. The molecule has 19 heavy (non-hydrogen) atoms. The van der Waals surface area contributed by atoms with Crippen molar-refractivity contribution in [1.29, 1.82) is 0 Å². The van der Waals surface area contributed by atoms with Gasteiger partial charge in [0.15, 0.2) is 5.82 Å². The molecule has 0 amide bonds. The molecule has 1 fully saturated rings. The van der Waals surface area contributed by atoms with Crippen LogP contribution in [0.2, 0.25) is 0 Å². The minimum atomic E-state index is -0.293. The molecular weight excluding hydrogens is 238 g/mol. The predicted molar refractivity (Wildman–Crippen MR) is 74.9 cm³/mol. The van der Waals surface area contributed by atoms with Gasteiger partial charge in [0.1, 0.15) is 11.4 Å².